The molecule has 1 aliphatic rings. The van der Waals surface area contributed by atoms with E-state index in [2.05, 4.69) is 5.32 Å². The fourth-order valence-corrected chi connectivity index (χ4v) is 3.57. The van der Waals surface area contributed by atoms with Crippen LogP contribution < -0.4 is 14.8 Å². The van der Waals surface area contributed by atoms with Crippen molar-refractivity contribution in [3.63, 3.8) is 0 Å². The predicted molar refractivity (Wildman–Crippen MR) is 95.1 cm³/mol. The summed E-state index contributed by atoms with van der Waals surface area (Å²) in [5.41, 5.74) is 1.67. The molecule has 1 aromatic carbocycles. The molecule has 0 saturated carbocycles. The number of ether oxygens (including phenoxy) is 3. The average molecular weight is 361 g/mol. The molecule has 6 nitrogen and oxygen atoms in total. The van der Waals surface area contributed by atoms with Gasteiger partial charge in [0.25, 0.3) is 5.91 Å². The van der Waals surface area contributed by atoms with Crippen molar-refractivity contribution >= 4 is 28.2 Å². The summed E-state index contributed by atoms with van der Waals surface area (Å²) in [5, 5.41) is 3.31. The van der Waals surface area contributed by atoms with E-state index in [4.69, 9.17) is 14.2 Å². The Morgan fingerprint density at radius 1 is 1.20 bits per heavy atom. The van der Waals surface area contributed by atoms with Crippen LogP contribution in [0.1, 0.15) is 38.1 Å². The van der Waals surface area contributed by atoms with Crippen molar-refractivity contribution in [3.05, 3.63) is 39.8 Å². The Morgan fingerprint density at radius 2 is 1.92 bits per heavy atom. The fraction of sp³-hybridized carbons (Fsp3) is 0.333. The molecule has 25 heavy (non-hydrogen) atoms. The number of aryl methyl sites for hydroxylation is 1. The highest BCUT2D eigenvalue weighted by molar-refractivity contribution is 7.16. The summed E-state index contributed by atoms with van der Waals surface area (Å²) in [4.78, 5) is 25.8. The van der Waals surface area contributed by atoms with E-state index in [1.807, 2.05) is 13.8 Å². The van der Waals surface area contributed by atoms with Crippen LogP contribution in [-0.2, 0) is 4.74 Å². The van der Waals surface area contributed by atoms with Crippen LogP contribution in [0.3, 0.4) is 0 Å². The highest BCUT2D eigenvalue weighted by atomic mass is 32.1. The van der Waals surface area contributed by atoms with E-state index in [9.17, 15) is 9.59 Å². The first-order chi connectivity index (χ1) is 12.0. The number of rotatable bonds is 4. The number of amides is 1. The molecular weight excluding hydrogens is 342 g/mol. The van der Waals surface area contributed by atoms with E-state index >= 15 is 0 Å². The zero-order valence-corrected chi connectivity index (χ0v) is 15.1. The van der Waals surface area contributed by atoms with Crippen LogP contribution in [0.2, 0.25) is 0 Å². The van der Waals surface area contributed by atoms with Crippen molar-refractivity contribution in [1.29, 1.82) is 0 Å². The average Bonchev–Trinajstić information content (AvgIpc) is 2.88. The molecule has 0 saturated heterocycles. The molecule has 7 heteroatoms. The maximum absolute atomic E-state index is 12.6. The minimum Gasteiger partial charge on any atom is -0.486 e. The second-order valence-electron chi connectivity index (χ2n) is 5.52. The summed E-state index contributed by atoms with van der Waals surface area (Å²) < 4.78 is 16.1. The number of thiophene rings is 1. The molecule has 0 atom stereocenters. The summed E-state index contributed by atoms with van der Waals surface area (Å²) in [6, 6.07) is 5.02. The van der Waals surface area contributed by atoms with Gasteiger partial charge in [-0.25, -0.2) is 4.79 Å². The van der Waals surface area contributed by atoms with Crippen molar-refractivity contribution in [2.24, 2.45) is 0 Å². The van der Waals surface area contributed by atoms with Gasteiger partial charge in [-0.15, -0.1) is 11.3 Å². The van der Waals surface area contributed by atoms with E-state index in [0.29, 0.717) is 40.8 Å². The number of esters is 1. The van der Waals surface area contributed by atoms with Crippen molar-refractivity contribution in [1.82, 2.24) is 0 Å². The Labute approximate surface area is 149 Å². The van der Waals surface area contributed by atoms with Gasteiger partial charge in [0, 0.05) is 10.4 Å². The minimum absolute atomic E-state index is 0.280. The van der Waals surface area contributed by atoms with Crippen LogP contribution in [0.15, 0.2) is 18.2 Å². The number of nitrogens with one attached hydrogen (secondary N) is 1. The molecule has 0 fully saturated rings. The number of carbonyl (C=O) groups is 2. The van der Waals surface area contributed by atoms with Gasteiger partial charge in [-0.1, -0.05) is 0 Å². The molecular formula is C18H19NO5S. The quantitative estimate of drug-likeness (QED) is 0.843. The van der Waals surface area contributed by atoms with Gasteiger partial charge < -0.3 is 19.5 Å². The lowest BCUT2D eigenvalue weighted by molar-refractivity contribution is 0.0527. The summed E-state index contributed by atoms with van der Waals surface area (Å²) >= 11 is 1.36. The first-order valence-electron chi connectivity index (χ1n) is 7.99. The summed E-state index contributed by atoms with van der Waals surface area (Å²) in [7, 11) is 0. The molecule has 132 valence electrons. The third kappa shape index (κ3) is 3.46. The molecule has 3 rings (SSSR count). The molecule has 0 aliphatic carbocycles. The SMILES string of the molecule is CCOC(=O)c1c(NC(=O)c2ccc3c(c2)OCCO3)sc(C)c1C. The first-order valence-corrected chi connectivity index (χ1v) is 8.81. The molecule has 1 aliphatic heterocycles. The monoisotopic (exact) mass is 361 g/mol. The topological polar surface area (TPSA) is 73.9 Å². The Kier molecular flexibility index (Phi) is 4.94. The van der Waals surface area contributed by atoms with Crippen molar-refractivity contribution in [2.75, 3.05) is 25.1 Å². The molecule has 0 radical (unpaired) electrons. The molecule has 2 aromatic rings. The van der Waals surface area contributed by atoms with Crippen LogP contribution in [-0.4, -0.2) is 31.7 Å². The number of carbonyl (C=O) groups excluding carboxylic acids is 2. The highest BCUT2D eigenvalue weighted by Crippen LogP contribution is 2.34. The largest absolute Gasteiger partial charge is 0.486 e. The van der Waals surface area contributed by atoms with Gasteiger partial charge in [-0.05, 0) is 44.5 Å². The van der Waals surface area contributed by atoms with Crippen LogP contribution in [0.5, 0.6) is 11.5 Å². The zero-order chi connectivity index (χ0) is 18.0. The molecule has 1 aromatic heterocycles. The third-order valence-electron chi connectivity index (χ3n) is 3.90. The maximum atomic E-state index is 12.6. The summed E-state index contributed by atoms with van der Waals surface area (Å²) in [6.45, 7) is 6.73. The van der Waals surface area contributed by atoms with E-state index in [0.717, 1.165) is 10.4 Å². The Morgan fingerprint density at radius 3 is 2.64 bits per heavy atom. The van der Waals surface area contributed by atoms with Crippen LogP contribution in [0.4, 0.5) is 5.00 Å². The molecule has 0 bridgehead atoms. The summed E-state index contributed by atoms with van der Waals surface area (Å²) in [6.07, 6.45) is 0. The number of hydrogen-bond donors (Lipinski definition) is 1. The standard InChI is InChI=1S/C18H19NO5S/c1-4-22-18(21)15-10(2)11(3)25-17(15)19-16(20)12-5-6-13-14(9-12)24-8-7-23-13/h5-6,9H,4,7-8H2,1-3H3,(H,19,20). The van der Waals surface area contributed by atoms with Gasteiger partial charge >= 0.3 is 5.97 Å². The van der Waals surface area contributed by atoms with Gasteiger partial charge in [-0.2, -0.15) is 0 Å². The highest BCUT2D eigenvalue weighted by Gasteiger charge is 2.23. The van der Waals surface area contributed by atoms with Gasteiger partial charge in [0.2, 0.25) is 0 Å². The van der Waals surface area contributed by atoms with Gasteiger partial charge in [0.15, 0.2) is 11.5 Å². The minimum atomic E-state index is -0.429. The molecule has 0 unspecified atom stereocenters. The maximum Gasteiger partial charge on any atom is 0.341 e. The zero-order valence-electron chi connectivity index (χ0n) is 14.3. The lowest BCUT2D eigenvalue weighted by Crippen LogP contribution is -2.18. The van der Waals surface area contributed by atoms with Gasteiger partial charge in [0.05, 0.1) is 12.2 Å². The molecule has 1 amide bonds. The number of anilines is 1. The molecule has 0 spiro atoms. The third-order valence-corrected chi connectivity index (χ3v) is 5.02. The van der Waals surface area contributed by atoms with Gasteiger partial charge in [0.1, 0.15) is 18.2 Å². The number of fused-ring (bicyclic) bond motifs is 1. The smallest absolute Gasteiger partial charge is 0.341 e. The number of hydrogen-bond acceptors (Lipinski definition) is 6. The molecule has 2 heterocycles. The number of benzene rings is 1. The first kappa shape index (κ1) is 17.3. The lowest BCUT2D eigenvalue weighted by Gasteiger charge is -2.18. The molecule has 1 N–H and O–H groups in total. The Bertz CT molecular complexity index is 827. The Balaban J connectivity index is 1.86. The van der Waals surface area contributed by atoms with E-state index in [-0.39, 0.29) is 12.5 Å². The van der Waals surface area contributed by atoms with Crippen LogP contribution in [0, 0.1) is 13.8 Å². The van der Waals surface area contributed by atoms with E-state index < -0.39 is 5.97 Å². The lowest BCUT2D eigenvalue weighted by atomic mass is 10.1. The van der Waals surface area contributed by atoms with Crippen LogP contribution in [0.25, 0.3) is 0 Å². The normalized spacial score (nSPS) is 12.6. The summed E-state index contributed by atoms with van der Waals surface area (Å²) in [5.74, 6) is 0.423. The van der Waals surface area contributed by atoms with Crippen molar-refractivity contribution < 1.29 is 23.8 Å². The van der Waals surface area contributed by atoms with E-state index in [1.165, 1.54) is 11.3 Å². The van der Waals surface area contributed by atoms with Crippen LogP contribution >= 0.6 is 11.3 Å². The second-order valence-corrected chi connectivity index (χ2v) is 6.75. The fourth-order valence-electron chi connectivity index (χ4n) is 2.52. The van der Waals surface area contributed by atoms with Gasteiger partial charge in [-0.3, -0.25) is 4.79 Å². The Hall–Kier alpha value is -2.54. The van der Waals surface area contributed by atoms with Crippen molar-refractivity contribution in [3.8, 4) is 11.5 Å². The van der Waals surface area contributed by atoms with E-state index in [1.54, 1.807) is 25.1 Å². The second kappa shape index (κ2) is 7.14. The predicted octanol–water partition coefficient (Wildman–Crippen LogP) is 3.57. The van der Waals surface area contributed by atoms with Crippen molar-refractivity contribution in [2.45, 2.75) is 20.8 Å².